The van der Waals surface area contributed by atoms with Gasteiger partial charge in [-0.1, -0.05) is 28.8 Å². The van der Waals surface area contributed by atoms with Crippen LogP contribution in [-0.2, 0) is 0 Å². The van der Waals surface area contributed by atoms with E-state index in [-0.39, 0.29) is 17.8 Å². The lowest BCUT2D eigenvalue weighted by molar-refractivity contribution is 0.0701. The minimum atomic E-state index is -0.378. The van der Waals surface area contributed by atoms with Crippen molar-refractivity contribution in [1.82, 2.24) is 4.90 Å². The topological polar surface area (TPSA) is 20.3 Å². The predicted molar refractivity (Wildman–Crippen MR) is 81.2 cm³/mol. The van der Waals surface area contributed by atoms with Crippen molar-refractivity contribution in [1.29, 1.82) is 0 Å². The van der Waals surface area contributed by atoms with E-state index in [9.17, 15) is 9.18 Å². The molecular weight excluding hydrogens is 377 g/mol. The van der Waals surface area contributed by atoms with Gasteiger partial charge in [-0.05, 0) is 47.0 Å². The van der Waals surface area contributed by atoms with Crippen LogP contribution in [0.4, 0.5) is 4.39 Å². The number of carbonyl (C=O) groups is 1. The molecule has 1 aromatic carbocycles. The number of halogens is 3. The van der Waals surface area contributed by atoms with E-state index in [0.29, 0.717) is 10.0 Å². The number of nitrogens with zero attached hydrogens (tertiary/aromatic N) is 1. The second-order valence-corrected chi connectivity index (χ2v) is 6.28. The van der Waals surface area contributed by atoms with Gasteiger partial charge in [0.05, 0.1) is 5.56 Å². The number of amides is 1. The highest BCUT2D eigenvalue weighted by Gasteiger charge is 2.26. The normalized spacial score (nSPS) is 20.2. The predicted octanol–water partition coefficient (Wildman–Crippen LogP) is 4.37. The van der Waals surface area contributed by atoms with E-state index in [1.807, 2.05) is 4.90 Å². The van der Waals surface area contributed by atoms with Crippen LogP contribution in [0.2, 0.25) is 0 Å². The Kier molecular flexibility index (Phi) is 5.39. The van der Waals surface area contributed by atoms with Gasteiger partial charge >= 0.3 is 0 Å². The molecule has 0 N–H and O–H groups in total. The Morgan fingerprint density at radius 1 is 1.37 bits per heavy atom. The maximum Gasteiger partial charge on any atom is 0.255 e. The minimum absolute atomic E-state index is 0.0854. The summed E-state index contributed by atoms with van der Waals surface area (Å²) in [5.74, 6) is -0.463. The van der Waals surface area contributed by atoms with Crippen LogP contribution < -0.4 is 0 Å². The summed E-state index contributed by atoms with van der Waals surface area (Å²) < 4.78 is 14.0. The Morgan fingerprint density at radius 3 is 2.89 bits per heavy atom. The first-order valence-electron chi connectivity index (χ1n) is 6.45. The number of hydrogen-bond donors (Lipinski definition) is 0. The summed E-state index contributed by atoms with van der Waals surface area (Å²) in [6, 6.07) is 4.45. The summed E-state index contributed by atoms with van der Waals surface area (Å²) in [7, 11) is 0. The van der Waals surface area contributed by atoms with Crippen molar-refractivity contribution < 1.29 is 9.18 Å². The molecule has 0 aromatic heterocycles. The molecule has 2 nitrogen and oxygen atoms in total. The number of likely N-dealkylation sites (tertiary alicyclic amines) is 1. The van der Waals surface area contributed by atoms with Crippen LogP contribution in [0.15, 0.2) is 22.7 Å². The molecule has 0 aliphatic carbocycles. The number of rotatable bonds is 2. The Labute approximate surface area is 129 Å². The van der Waals surface area contributed by atoms with Gasteiger partial charge in [-0.15, -0.1) is 0 Å². The molecule has 5 heteroatoms. The highest BCUT2D eigenvalue weighted by molar-refractivity contribution is 9.10. The third-order valence-corrected chi connectivity index (χ3v) is 4.91. The van der Waals surface area contributed by atoms with Crippen LogP contribution in [0.25, 0.3) is 0 Å². The molecule has 0 saturated carbocycles. The Balaban J connectivity index is 2.27. The van der Waals surface area contributed by atoms with Crippen LogP contribution in [-0.4, -0.2) is 28.7 Å². The first kappa shape index (κ1) is 15.0. The van der Waals surface area contributed by atoms with Crippen molar-refractivity contribution in [2.75, 3.05) is 11.9 Å². The average Bonchev–Trinajstić information content (AvgIpc) is 2.65. The summed E-state index contributed by atoms with van der Waals surface area (Å²) >= 11 is 6.81. The lowest BCUT2D eigenvalue weighted by Crippen LogP contribution is -2.41. The lowest BCUT2D eigenvalue weighted by atomic mass is 10.1. The molecule has 1 aliphatic rings. The summed E-state index contributed by atoms with van der Waals surface area (Å²) in [6.07, 6.45) is 4.31. The molecule has 1 atom stereocenters. The summed E-state index contributed by atoms with van der Waals surface area (Å²) in [4.78, 5) is 14.5. The van der Waals surface area contributed by atoms with E-state index in [2.05, 4.69) is 31.9 Å². The molecule has 1 aliphatic heterocycles. The summed E-state index contributed by atoms with van der Waals surface area (Å²) in [5.41, 5.74) is 0.410. The molecule has 1 fully saturated rings. The number of hydrogen-bond acceptors (Lipinski definition) is 1. The quantitative estimate of drug-likeness (QED) is 0.684. The van der Waals surface area contributed by atoms with Gasteiger partial charge < -0.3 is 4.90 Å². The van der Waals surface area contributed by atoms with Crippen LogP contribution in [0.5, 0.6) is 0 Å². The molecule has 0 radical (unpaired) electrons. The first-order valence-corrected chi connectivity index (χ1v) is 8.37. The second kappa shape index (κ2) is 6.84. The molecule has 19 heavy (non-hydrogen) atoms. The van der Waals surface area contributed by atoms with Crippen molar-refractivity contribution in [3.63, 3.8) is 0 Å². The summed E-state index contributed by atoms with van der Waals surface area (Å²) in [6.45, 7) is 0.748. The van der Waals surface area contributed by atoms with Gasteiger partial charge in [0.1, 0.15) is 5.82 Å². The number of alkyl halides is 1. The monoisotopic (exact) mass is 391 g/mol. The standard InChI is InChI=1S/C14H16Br2FNO/c15-9-11-4-2-1-3-7-18(11)14(19)12-8-10(17)5-6-13(12)16/h5-6,8,11H,1-4,7,9H2. The van der Waals surface area contributed by atoms with E-state index in [1.54, 1.807) is 6.07 Å². The van der Waals surface area contributed by atoms with Gasteiger partial charge in [-0.2, -0.15) is 0 Å². The average molecular weight is 393 g/mol. The molecule has 1 unspecified atom stereocenters. The zero-order valence-corrected chi connectivity index (χ0v) is 13.7. The second-order valence-electron chi connectivity index (χ2n) is 4.78. The molecule has 1 aromatic rings. The van der Waals surface area contributed by atoms with Crippen LogP contribution >= 0.6 is 31.9 Å². The SMILES string of the molecule is O=C(c1cc(F)ccc1Br)N1CCCCCC1CBr. The fourth-order valence-electron chi connectivity index (χ4n) is 2.42. The van der Waals surface area contributed by atoms with E-state index < -0.39 is 0 Å². The fraction of sp³-hybridized carbons (Fsp3) is 0.500. The van der Waals surface area contributed by atoms with E-state index in [0.717, 1.165) is 37.6 Å². The van der Waals surface area contributed by atoms with Gasteiger partial charge in [0.25, 0.3) is 5.91 Å². The van der Waals surface area contributed by atoms with E-state index in [4.69, 9.17) is 0 Å². The largest absolute Gasteiger partial charge is 0.335 e. The molecular formula is C14H16Br2FNO. The van der Waals surface area contributed by atoms with Crippen molar-refractivity contribution in [2.45, 2.75) is 31.7 Å². The number of carbonyl (C=O) groups excluding carboxylic acids is 1. The smallest absolute Gasteiger partial charge is 0.255 e. The fourth-order valence-corrected chi connectivity index (χ4v) is 3.51. The van der Waals surface area contributed by atoms with Crippen LogP contribution in [0.1, 0.15) is 36.0 Å². The van der Waals surface area contributed by atoms with Crippen molar-refractivity contribution in [2.24, 2.45) is 0 Å². The Morgan fingerprint density at radius 2 is 2.16 bits per heavy atom. The van der Waals surface area contributed by atoms with Crippen molar-refractivity contribution >= 4 is 37.8 Å². The van der Waals surface area contributed by atoms with Crippen molar-refractivity contribution in [3.8, 4) is 0 Å². The molecule has 104 valence electrons. The first-order chi connectivity index (χ1) is 9.13. The van der Waals surface area contributed by atoms with E-state index >= 15 is 0 Å². The zero-order chi connectivity index (χ0) is 13.8. The molecule has 2 rings (SSSR count). The third kappa shape index (κ3) is 3.57. The van der Waals surface area contributed by atoms with Gasteiger partial charge in [0.2, 0.25) is 0 Å². The zero-order valence-electron chi connectivity index (χ0n) is 10.5. The molecule has 1 amide bonds. The number of benzene rings is 1. The van der Waals surface area contributed by atoms with Crippen LogP contribution in [0, 0.1) is 5.82 Å². The molecule has 1 heterocycles. The maximum absolute atomic E-state index is 13.3. The van der Waals surface area contributed by atoms with Crippen molar-refractivity contribution in [3.05, 3.63) is 34.1 Å². The minimum Gasteiger partial charge on any atom is -0.335 e. The maximum atomic E-state index is 13.3. The molecule has 1 saturated heterocycles. The highest BCUT2D eigenvalue weighted by atomic mass is 79.9. The van der Waals surface area contributed by atoms with Gasteiger partial charge in [-0.3, -0.25) is 4.79 Å². The lowest BCUT2D eigenvalue weighted by Gasteiger charge is -2.29. The highest BCUT2D eigenvalue weighted by Crippen LogP contribution is 2.24. The van der Waals surface area contributed by atoms with E-state index in [1.165, 1.54) is 12.1 Å². The van der Waals surface area contributed by atoms with Gasteiger partial charge in [0.15, 0.2) is 0 Å². The van der Waals surface area contributed by atoms with Gasteiger partial charge in [-0.25, -0.2) is 4.39 Å². The summed E-state index contributed by atoms with van der Waals surface area (Å²) in [5, 5.41) is 0.770. The molecule has 0 spiro atoms. The van der Waals surface area contributed by atoms with Gasteiger partial charge in [0, 0.05) is 22.4 Å². The third-order valence-electron chi connectivity index (χ3n) is 3.47. The van der Waals surface area contributed by atoms with Crippen LogP contribution in [0.3, 0.4) is 0 Å². The molecule has 0 bridgehead atoms. The Bertz CT molecular complexity index is 467. The Hall–Kier alpha value is -0.420.